The van der Waals surface area contributed by atoms with E-state index in [1.807, 2.05) is 0 Å². The summed E-state index contributed by atoms with van der Waals surface area (Å²) in [7, 11) is 1.30. The van der Waals surface area contributed by atoms with Crippen LogP contribution in [-0.2, 0) is 14.2 Å². The highest BCUT2D eigenvalue weighted by Crippen LogP contribution is 2.07. The van der Waals surface area contributed by atoms with E-state index in [1.54, 1.807) is 6.92 Å². The maximum absolute atomic E-state index is 11.5. The average Bonchev–Trinajstić information content (AvgIpc) is 2.38. The van der Waals surface area contributed by atoms with Gasteiger partial charge in [-0.05, 0) is 31.2 Å². The Morgan fingerprint density at radius 2 is 1.59 bits per heavy atom. The molecule has 92 valence electrons. The van der Waals surface area contributed by atoms with Crippen LogP contribution in [0.5, 0.6) is 0 Å². The minimum absolute atomic E-state index is 0.0753. The highest BCUT2D eigenvalue weighted by molar-refractivity contribution is 5.93. The average molecular weight is 238 g/mol. The quantitative estimate of drug-likeness (QED) is 0.443. The zero-order chi connectivity index (χ0) is 12.7. The molecule has 5 heteroatoms. The van der Waals surface area contributed by atoms with Crippen LogP contribution in [0.3, 0.4) is 0 Å². The van der Waals surface area contributed by atoms with Gasteiger partial charge in [0.25, 0.3) is 0 Å². The van der Waals surface area contributed by atoms with Crippen molar-refractivity contribution in [2.45, 2.75) is 6.92 Å². The molecule has 0 saturated heterocycles. The number of methoxy groups -OCH3 is 1. The Hall–Kier alpha value is -1.88. The SMILES string of the molecule is CCOCOC(=O)c1ccc(C(=O)OC)cc1. The first-order valence-electron chi connectivity index (χ1n) is 5.12. The fourth-order valence-electron chi connectivity index (χ4n) is 1.12. The molecule has 0 bridgehead atoms. The van der Waals surface area contributed by atoms with E-state index in [-0.39, 0.29) is 6.79 Å². The van der Waals surface area contributed by atoms with Crippen molar-refractivity contribution in [1.29, 1.82) is 0 Å². The number of hydrogen-bond donors (Lipinski definition) is 0. The number of carbonyl (C=O) groups is 2. The van der Waals surface area contributed by atoms with E-state index in [4.69, 9.17) is 9.47 Å². The molecule has 1 aromatic carbocycles. The summed E-state index contributed by atoms with van der Waals surface area (Å²) < 4.78 is 14.2. The molecular weight excluding hydrogens is 224 g/mol. The minimum atomic E-state index is -0.491. The lowest BCUT2D eigenvalue weighted by atomic mass is 10.1. The van der Waals surface area contributed by atoms with Crippen LogP contribution >= 0.6 is 0 Å². The number of ether oxygens (including phenoxy) is 3. The minimum Gasteiger partial charge on any atom is -0.465 e. The number of esters is 2. The summed E-state index contributed by atoms with van der Waals surface area (Å²) in [4.78, 5) is 22.6. The molecule has 0 radical (unpaired) electrons. The molecule has 0 unspecified atom stereocenters. The maximum atomic E-state index is 11.5. The van der Waals surface area contributed by atoms with Gasteiger partial charge in [-0.25, -0.2) is 9.59 Å². The third-order valence-electron chi connectivity index (χ3n) is 2.02. The predicted octanol–water partition coefficient (Wildman–Crippen LogP) is 1.62. The second kappa shape index (κ2) is 6.65. The van der Waals surface area contributed by atoms with Crippen molar-refractivity contribution in [2.24, 2.45) is 0 Å². The van der Waals surface area contributed by atoms with Gasteiger partial charge in [0.2, 0.25) is 0 Å². The van der Waals surface area contributed by atoms with Crippen molar-refractivity contribution >= 4 is 11.9 Å². The summed E-state index contributed by atoms with van der Waals surface area (Å²) in [6.45, 7) is 2.21. The third-order valence-corrected chi connectivity index (χ3v) is 2.02. The number of benzene rings is 1. The van der Waals surface area contributed by atoms with Crippen LogP contribution in [0.25, 0.3) is 0 Å². The Balaban J connectivity index is 2.61. The van der Waals surface area contributed by atoms with Crippen molar-refractivity contribution in [3.8, 4) is 0 Å². The number of carbonyl (C=O) groups excluding carboxylic acids is 2. The third kappa shape index (κ3) is 3.88. The van der Waals surface area contributed by atoms with Gasteiger partial charge in [0, 0.05) is 6.61 Å². The Morgan fingerprint density at radius 3 is 2.06 bits per heavy atom. The van der Waals surface area contributed by atoms with Crippen molar-refractivity contribution in [2.75, 3.05) is 20.5 Å². The Bertz CT molecular complexity index is 382. The molecule has 5 nitrogen and oxygen atoms in total. The van der Waals surface area contributed by atoms with Gasteiger partial charge in [-0.3, -0.25) is 0 Å². The molecule has 1 aromatic rings. The molecule has 1 rings (SSSR count). The van der Waals surface area contributed by atoms with E-state index in [9.17, 15) is 9.59 Å². The highest BCUT2D eigenvalue weighted by atomic mass is 16.7. The van der Waals surface area contributed by atoms with Crippen molar-refractivity contribution < 1.29 is 23.8 Å². The summed E-state index contributed by atoms with van der Waals surface area (Å²) in [5.41, 5.74) is 0.742. The summed E-state index contributed by atoms with van der Waals surface area (Å²) in [6.07, 6.45) is 0. The normalized spacial score (nSPS) is 9.76. The molecule has 0 atom stereocenters. The largest absolute Gasteiger partial charge is 0.465 e. The first kappa shape index (κ1) is 13.2. The lowest BCUT2D eigenvalue weighted by molar-refractivity contribution is -0.0274. The van der Waals surface area contributed by atoms with E-state index >= 15 is 0 Å². The molecule has 0 aliphatic heterocycles. The van der Waals surface area contributed by atoms with Crippen LogP contribution < -0.4 is 0 Å². The fraction of sp³-hybridized carbons (Fsp3) is 0.333. The van der Waals surface area contributed by atoms with Gasteiger partial charge >= 0.3 is 11.9 Å². The zero-order valence-corrected chi connectivity index (χ0v) is 9.76. The second-order valence-corrected chi connectivity index (χ2v) is 3.11. The molecule has 0 N–H and O–H groups in total. The summed E-state index contributed by atoms with van der Waals surface area (Å²) in [5, 5.41) is 0. The van der Waals surface area contributed by atoms with Crippen LogP contribution in [-0.4, -0.2) is 32.4 Å². The Kier molecular flexibility index (Phi) is 5.16. The predicted molar refractivity (Wildman–Crippen MR) is 59.7 cm³/mol. The molecular formula is C12H14O5. The molecule has 0 aliphatic carbocycles. The van der Waals surface area contributed by atoms with Gasteiger partial charge in [0.1, 0.15) is 0 Å². The molecule has 17 heavy (non-hydrogen) atoms. The topological polar surface area (TPSA) is 61.8 Å². The second-order valence-electron chi connectivity index (χ2n) is 3.11. The van der Waals surface area contributed by atoms with E-state index in [2.05, 4.69) is 4.74 Å². The molecule has 0 fully saturated rings. The first-order valence-corrected chi connectivity index (χ1v) is 5.12. The Morgan fingerprint density at radius 1 is 1.06 bits per heavy atom. The van der Waals surface area contributed by atoms with E-state index in [0.717, 1.165) is 0 Å². The molecule has 0 aliphatic rings. The fourth-order valence-corrected chi connectivity index (χ4v) is 1.12. The maximum Gasteiger partial charge on any atom is 0.340 e. The number of rotatable bonds is 5. The summed E-state index contributed by atoms with van der Waals surface area (Å²) in [5.74, 6) is -0.936. The van der Waals surface area contributed by atoms with E-state index < -0.39 is 11.9 Å². The van der Waals surface area contributed by atoms with Crippen molar-refractivity contribution in [1.82, 2.24) is 0 Å². The lowest BCUT2D eigenvalue weighted by Crippen LogP contribution is -2.09. The standard InChI is InChI=1S/C12H14O5/c1-3-16-8-17-12(14)10-6-4-9(5-7-10)11(13)15-2/h4-7H,3,8H2,1-2H3. The smallest absolute Gasteiger partial charge is 0.340 e. The van der Waals surface area contributed by atoms with Gasteiger partial charge < -0.3 is 14.2 Å². The molecule has 0 amide bonds. The highest BCUT2D eigenvalue weighted by Gasteiger charge is 2.09. The molecule has 0 saturated carbocycles. The molecule has 0 spiro atoms. The van der Waals surface area contributed by atoms with Crippen LogP contribution in [0.4, 0.5) is 0 Å². The summed E-state index contributed by atoms with van der Waals surface area (Å²) in [6, 6.07) is 6.01. The van der Waals surface area contributed by atoms with Gasteiger partial charge in [0.15, 0.2) is 6.79 Å². The first-order chi connectivity index (χ1) is 8.19. The summed E-state index contributed by atoms with van der Waals surface area (Å²) >= 11 is 0. The Labute approximate surface area is 99.3 Å². The van der Waals surface area contributed by atoms with Crippen LogP contribution in [0.1, 0.15) is 27.6 Å². The van der Waals surface area contributed by atoms with Crippen LogP contribution in [0.2, 0.25) is 0 Å². The molecule has 0 heterocycles. The molecule has 0 aromatic heterocycles. The van der Waals surface area contributed by atoms with Crippen molar-refractivity contribution in [3.05, 3.63) is 35.4 Å². The lowest BCUT2D eigenvalue weighted by Gasteiger charge is -2.04. The van der Waals surface area contributed by atoms with E-state index in [1.165, 1.54) is 31.4 Å². The van der Waals surface area contributed by atoms with Crippen LogP contribution in [0.15, 0.2) is 24.3 Å². The number of hydrogen-bond acceptors (Lipinski definition) is 5. The zero-order valence-electron chi connectivity index (χ0n) is 9.76. The van der Waals surface area contributed by atoms with Gasteiger partial charge in [-0.1, -0.05) is 0 Å². The monoisotopic (exact) mass is 238 g/mol. The van der Waals surface area contributed by atoms with Crippen molar-refractivity contribution in [3.63, 3.8) is 0 Å². The van der Waals surface area contributed by atoms with Gasteiger partial charge in [0.05, 0.1) is 18.2 Å². The van der Waals surface area contributed by atoms with Gasteiger partial charge in [-0.2, -0.15) is 0 Å². The van der Waals surface area contributed by atoms with Crippen LogP contribution in [0, 0.1) is 0 Å². The van der Waals surface area contributed by atoms with E-state index in [0.29, 0.717) is 17.7 Å². The van der Waals surface area contributed by atoms with Gasteiger partial charge in [-0.15, -0.1) is 0 Å².